The van der Waals surface area contributed by atoms with Crippen LogP contribution in [0.25, 0.3) is 0 Å². The average molecular weight is 360 g/mol. The molecule has 138 valence electrons. The second-order valence-corrected chi connectivity index (χ2v) is 5.44. The van der Waals surface area contributed by atoms with E-state index in [4.69, 9.17) is 9.47 Å². The number of methoxy groups -OCH3 is 1. The maximum absolute atomic E-state index is 13.3. The normalized spacial score (nSPS) is 10.1. The van der Waals surface area contributed by atoms with Crippen LogP contribution in [0.4, 0.5) is 10.1 Å². The maximum atomic E-state index is 13.3. The van der Waals surface area contributed by atoms with Gasteiger partial charge in [-0.2, -0.15) is 0 Å². The van der Waals surface area contributed by atoms with Gasteiger partial charge in [-0.1, -0.05) is 18.2 Å². The van der Waals surface area contributed by atoms with E-state index in [9.17, 15) is 14.0 Å². The second-order valence-electron chi connectivity index (χ2n) is 5.44. The van der Waals surface area contributed by atoms with Crippen LogP contribution >= 0.6 is 0 Å². The second kappa shape index (κ2) is 9.41. The summed E-state index contributed by atoms with van der Waals surface area (Å²) in [7, 11) is 1.52. The van der Waals surface area contributed by atoms with Crippen molar-refractivity contribution >= 4 is 17.5 Å². The number of para-hydroxylation sites is 2. The van der Waals surface area contributed by atoms with Gasteiger partial charge in [-0.3, -0.25) is 9.59 Å². The smallest absolute Gasteiger partial charge is 0.258 e. The molecule has 0 aliphatic rings. The molecule has 0 saturated carbocycles. The Morgan fingerprint density at radius 1 is 1.12 bits per heavy atom. The van der Waals surface area contributed by atoms with Crippen molar-refractivity contribution in [1.82, 2.24) is 5.32 Å². The van der Waals surface area contributed by atoms with Gasteiger partial charge in [-0.25, -0.2) is 4.39 Å². The van der Waals surface area contributed by atoms with E-state index in [2.05, 4.69) is 5.32 Å². The van der Waals surface area contributed by atoms with Gasteiger partial charge in [0.1, 0.15) is 5.82 Å². The first-order valence-corrected chi connectivity index (χ1v) is 8.07. The Morgan fingerprint density at radius 2 is 1.85 bits per heavy atom. The molecule has 26 heavy (non-hydrogen) atoms. The lowest BCUT2D eigenvalue weighted by molar-refractivity contribution is -0.123. The largest absolute Gasteiger partial charge is 0.493 e. The summed E-state index contributed by atoms with van der Waals surface area (Å²) in [4.78, 5) is 25.1. The van der Waals surface area contributed by atoms with Crippen LogP contribution in [0.1, 0.15) is 6.92 Å². The lowest BCUT2D eigenvalue weighted by Gasteiger charge is -2.21. The van der Waals surface area contributed by atoms with E-state index in [0.717, 1.165) is 0 Å². The zero-order valence-corrected chi connectivity index (χ0v) is 14.7. The molecule has 7 heteroatoms. The number of carbonyl (C=O) groups excluding carboxylic acids is 2. The topological polar surface area (TPSA) is 67.9 Å². The van der Waals surface area contributed by atoms with Crippen molar-refractivity contribution in [2.24, 2.45) is 0 Å². The lowest BCUT2D eigenvalue weighted by Crippen LogP contribution is -2.39. The number of benzene rings is 2. The van der Waals surface area contributed by atoms with Gasteiger partial charge in [0.2, 0.25) is 5.91 Å². The van der Waals surface area contributed by atoms with Crippen molar-refractivity contribution < 1.29 is 23.5 Å². The molecular formula is C19H21FN2O4. The minimum atomic E-state index is -0.428. The molecule has 0 aromatic heterocycles. The van der Waals surface area contributed by atoms with Gasteiger partial charge in [-0.05, 0) is 30.3 Å². The van der Waals surface area contributed by atoms with E-state index in [1.54, 1.807) is 30.3 Å². The quantitative estimate of drug-likeness (QED) is 0.785. The summed E-state index contributed by atoms with van der Waals surface area (Å²) < 4.78 is 23.9. The summed E-state index contributed by atoms with van der Waals surface area (Å²) in [5, 5.41) is 2.67. The molecule has 0 radical (unpaired) electrons. The van der Waals surface area contributed by atoms with Crippen LogP contribution in [0.5, 0.6) is 11.5 Å². The summed E-state index contributed by atoms with van der Waals surface area (Å²) in [6.45, 7) is 1.64. The van der Waals surface area contributed by atoms with Crippen LogP contribution in [-0.4, -0.2) is 38.6 Å². The highest BCUT2D eigenvalue weighted by molar-refractivity contribution is 5.91. The standard InChI is InChI=1S/C19H21FN2O4/c1-14(23)22(16-7-5-6-15(20)12-16)11-10-21-19(24)13-26-18-9-4-3-8-17(18)25-2/h3-9,12H,10-11,13H2,1-2H3,(H,21,24). The molecule has 0 aliphatic carbocycles. The van der Waals surface area contributed by atoms with E-state index in [1.807, 2.05) is 0 Å². The van der Waals surface area contributed by atoms with Crippen LogP contribution in [0.2, 0.25) is 0 Å². The highest BCUT2D eigenvalue weighted by atomic mass is 19.1. The number of carbonyl (C=O) groups is 2. The minimum Gasteiger partial charge on any atom is -0.493 e. The van der Waals surface area contributed by atoms with Crippen LogP contribution in [-0.2, 0) is 9.59 Å². The number of nitrogens with zero attached hydrogens (tertiary/aromatic N) is 1. The highest BCUT2D eigenvalue weighted by Gasteiger charge is 2.13. The molecule has 0 saturated heterocycles. The fourth-order valence-electron chi connectivity index (χ4n) is 2.35. The van der Waals surface area contributed by atoms with E-state index in [1.165, 1.54) is 37.1 Å². The third-order valence-electron chi connectivity index (χ3n) is 3.59. The predicted octanol–water partition coefficient (Wildman–Crippen LogP) is 2.38. The molecule has 2 aromatic rings. The molecule has 0 atom stereocenters. The van der Waals surface area contributed by atoms with Gasteiger partial charge in [0.25, 0.3) is 5.91 Å². The van der Waals surface area contributed by atoms with Crippen LogP contribution in [0.3, 0.4) is 0 Å². The Bertz CT molecular complexity index is 767. The molecule has 0 aliphatic heterocycles. The number of hydrogen-bond donors (Lipinski definition) is 1. The van der Waals surface area contributed by atoms with Gasteiger partial charge in [0, 0.05) is 25.7 Å². The lowest BCUT2D eigenvalue weighted by atomic mass is 10.2. The van der Waals surface area contributed by atoms with Gasteiger partial charge < -0.3 is 19.7 Å². The van der Waals surface area contributed by atoms with Crippen molar-refractivity contribution in [3.05, 3.63) is 54.3 Å². The highest BCUT2D eigenvalue weighted by Crippen LogP contribution is 2.25. The van der Waals surface area contributed by atoms with E-state index in [0.29, 0.717) is 17.2 Å². The van der Waals surface area contributed by atoms with Crippen molar-refractivity contribution in [1.29, 1.82) is 0 Å². The van der Waals surface area contributed by atoms with Crippen LogP contribution in [0, 0.1) is 5.82 Å². The minimum absolute atomic E-state index is 0.180. The van der Waals surface area contributed by atoms with Gasteiger partial charge >= 0.3 is 0 Å². The molecule has 0 heterocycles. The van der Waals surface area contributed by atoms with Crippen molar-refractivity contribution in [3.63, 3.8) is 0 Å². The first kappa shape index (κ1) is 19.2. The fourth-order valence-corrected chi connectivity index (χ4v) is 2.35. The third-order valence-corrected chi connectivity index (χ3v) is 3.59. The van der Waals surface area contributed by atoms with Gasteiger partial charge in [0.15, 0.2) is 18.1 Å². The predicted molar refractivity (Wildman–Crippen MR) is 95.9 cm³/mol. The van der Waals surface area contributed by atoms with Crippen molar-refractivity contribution in [2.75, 3.05) is 31.7 Å². The summed E-state index contributed by atoms with van der Waals surface area (Å²) >= 11 is 0. The number of halogens is 1. The van der Waals surface area contributed by atoms with Crippen LogP contribution < -0.4 is 19.7 Å². The van der Waals surface area contributed by atoms with E-state index < -0.39 is 5.82 Å². The number of amides is 2. The summed E-state index contributed by atoms with van der Waals surface area (Å²) in [5.74, 6) is 0.00111. The zero-order chi connectivity index (χ0) is 18.9. The third kappa shape index (κ3) is 5.47. The Kier molecular flexibility index (Phi) is 6.96. The molecule has 0 bridgehead atoms. The average Bonchev–Trinajstić information content (AvgIpc) is 2.63. The molecule has 0 spiro atoms. The monoisotopic (exact) mass is 360 g/mol. The zero-order valence-electron chi connectivity index (χ0n) is 14.7. The Morgan fingerprint density at radius 3 is 2.50 bits per heavy atom. The molecule has 2 amide bonds. The fraction of sp³-hybridized carbons (Fsp3) is 0.263. The van der Waals surface area contributed by atoms with E-state index >= 15 is 0 Å². The number of nitrogens with one attached hydrogen (secondary N) is 1. The Labute approximate surface area is 151 Å². The molecule has 2 rings (SSSR count). The van der Waals surface area contributed by atoms with Gasteiger partial charge in [0.05, 0.1) is 7.11 Å². The molecule has 6 nitrogen and oxygen atoms in total. The summed E-state index contributed by atoms with van der Waals surface area (Å²) in [5.41, 5.74) is 0.442. The molecule has 1 N–H and O–H groups in total. The number of ether oxygens (including phenoxy) is 2. The molecule has 0 unspecified atom stereocenters. The summed E-state index contributed by atoms with van der Waals surface area (Å²) in [6.07, 6.45) is 0. The Balaban J connectivity index is 1.83. The summed E-state index contributed by atoms with van der Waals surface area (Å²) in [6, 6.07) is 12.8. The van der Waals surface area contributed by atoms with Gasteiger partial charge in [-0.15, -0.1) is 0 Å². The van der Waals surface area contributed by atoms with Crippen molar-refractivity contribution in [2.45, 2.75) is 6.92 Å². The van der Waals surface area contributed by atoms with E-state index in [-0.39, 0.29) is 31.5 Å². The first-order chi connectivity index (χ1) is 12.5. The molecule has 0 fully saturated rings. The maximum Gasteiger partial charge on any atom is 0.258 e. The first-order valence-electron chi connectivity index (χ1n) is 8.07. The molecular weight excluding hydrogens is 339 g/mol. The van der Waals surface area contributed by atoms with Crippen LogP contribution in [0.15, 0.2) is 48.5 Å². The SMILES string of the molecule is COc1ccccc1OCC(=O)NCCN(C(C)=O)c1cccc(F)c1. The van der Waals surface area contributed by atoms with Crippen molar-refractivity contribution in [3.8, 4) is 11.5 Å². The Hall–Kier alpha value is -3.09. The number of rotatable bonds is 8. The number of hydrogen-bond acceptors (Lipinski definition) is 4. The number of anilines is 1. The molecule has 2 aromatic carbocycles.